The van der Waals surface area contributed by atoms with Gasteiger partial charge >= 0.3 is 6.18 Å². The average Bonchev–Trinajstić information content (AvgIpc) is 3.25. The summed E-state index contributed by atoms with van der Waals surface area (Å²) in [7, 11) is 0. The number of halogens is 3. The van der Waals surface area contributed by atoms with Crippen molar-refractivity contribution < 1.29 is 18.0 Å². The molecular weight excluding hydrogens is 449 g/mol. The predicted octanol–water partition coefficient (Wildman–Crippen LogP) is 2.78. The average molecular weight is 477 g/mol. The minimum absolute atomic E-state index is 0.0412. The first kappa shape index (κ1) is 23.9. The number of carbonyl (C=O) groups excluding carboxylic acids is 1. The zero-order valence-corrected chi connectivity index (χ0v) is 18.8. The molecule has 0 saturated carbocycles. The van der Waals surface area contributed by atoms with Crippen molar-refractivity contribution in [2.75, 3.05) is 36.8 Å². The van der Waals surface area contributed by atoms with Crippen molar-refractivity contribution in [2.24, 2.45) is 16.6 Å². The van der Waals surface area contributed by atoms with E-state index in [0.717, 1.165) is 25.1 Å². The van der Waals surface area contributed by atoms with Crippen LogP contribution in [0.4, 0.5) is 30.6 Å². The maximum atomic E-state index is 13.2. The van der Waals surface area contributed by atoms with Gasteiger partial charge in [0.05, 0.1) is 23.5 Å². The molecule has 2 aromatic rings. The van der Waals surface area contributed by atoms with Gasteiger partial charge in [0.1, 0.15) is 11.5 Å². The van der Waals surface area contributed by atoms with Gasteiger partial charge in [0, 0.05) is 43.9 Å². The van der Waals surface area contributed by atoms with E-state index in [1.165, 1.54) is 6.20 Å². The van der Waals surface area contributed by atoms with E-state index in [9.17, 15) is 18.0 Å². The Hall–Kier alpha value is -3.28. The van der Waals surface area contributed by atoms with Crippen LogP contribution in [0.3, 0.4) is 0 Å². The second-order valence-electron chi connectivity index (χ2n) is 8.65. The Morgan fingerprint density at radius 1 is 1.35 bits per heavy atom. The standard InChI is InChI=1S/C22H27F3N8O/c1-12(26)20(34)33-5-3-13(4-6-33)8-30-21-31-11-17(27-2)18(32-21)16-10-29-19-15(16)7-14(9-28-19)22(23,24)25/h7,9,11-13,16H,2-6,8,10,26H2,1H3,(H,28,29)(H,30,31,32)/t12-,16?/m1/s1. The summed E-state index contributed by atoms with van der Waals surface area (Å²) < 4.78 is 39.7. The van der Waals surface area contributed by atoms with Gasteiger partial charge in [-0.1, -0.05) is 0 Å². The summed E-state index contributed by atoms with van der Waals surface area (Å²) in [6, 6.07) is 0.600. The number of nitrogens with zero attached hydrogens (tertiary/aromatic N) is 5. The van der Waals surface area contributed by atoms with Crippen molar-refractivity contribution in [1.29, 1.82) is 0 Å². The molecule has 12 heteroatoms. The Morgan fingerprint density at radius 2 is 2.09 bits per heavy atom. The minimum Gasteiger partial charge on any atom is -0.369 e. The molecule has 0 spiro atoms. The normalized spacial score (nSPS) is 19.3. The Bertz CT molecular complexity index is 1070. The van der Waals surface area contributed by atoms with Crippen molar-refractivity contribution in [3.8, 4) is 0 Å². The third kappa shape index (κ3) is 4.96. The number of likely N-dealkylation sites (tertiary alicyclic amines) is 1. The smallest absolute Gasteiger partial charge is 0.369 e. The molecule has 34 heavy (non-hydrogen) atoms. The van der Waals surface area contributed by atoms with Crippen molar-refractivity contribution in [2.45, 2.75) is 37.9 Å². The third-order valence-corrected chi connectivity index (χ3v) is 6.26. The van der Waals surface area contributed by atoms with E-state index in [2.05, 4.69) is 37.3 Å². The Balaban J connectivity index is 1.47. The highest BCUT2D eigenvalue weighted by Crippen LogP contribution is 2.40. The van der Waals surface area contributed by atoms with Gasteiger partial charge in [-0.25, -0.2) is 15.0 Å². The lowest BCUT2D eigenvalue weighted by molar-refractivity contribution is -0.138. The number of nitrogens with two attached hydrogens (primary N) is 1. The summed E-state index contributed by atoms with van der Waals surface area (Å²) in [5.74, 6) is 0.579. The number of amides is 1. The number of carbonyl (C=O) groups is 1. The van der Waals surface area contributed by atoms with E-state index in [-0.39, 0.29) is 5.91 Å². The number of aromatic nitrogens is 3. The SMILES string of the molecule is C=Nc1cnc(NCC2CCN(C(=O)[C@@H](C)N)CC2)nc1C1CNc2ncc(C(F)(F)F)cc21. The number of alkyl halides is 3. The lowest BCUT2D eigenvalue weighted by Gasteiger charge is -2.33. The molecule has 1 fully saturated rings. The fourth-order valence-corrected chi connectivity index (χ4v) is 4.34. The molecule has 9 nitrogen and oxygen atoms in total. The van der Waals surface area contributed by atoms with Crippen molar-refractivity contribution in [3.63, 3.8) is 0 Å². The topological polar surface area (TPSA) is 121 Å². The van der Waals surface area contributed by atoms with Gasteiger partial charge in [0.2, 0.25) is 11.9 Å². The first-order valence-electron chi connectivity index (χ1n) is 11.1. The van der Waals surface area contributed by atoms with Crippen LogP contribution < -0.4 is 16.4 Å². The molecule has 0 radical (unpaired) electrons. The van der Waals surface area contributed by atoms with Gasteiger partial charge in [-0.05, 0) is 38.5 Å². The third-order valence-electron chi connectivity index (χ3n) is 6.26. The summed E-state index contributed by atoms with van der Waals surface area (Å²) in [5, 5.41) is 6.27. The minimum atomic E-state index is -4.49. The highest BCUT2D eigenvalue weighted by atomic mass is 19.4. The van der Waals surface area contributed by atoms with Crippen LogP contribution in [0, 0.1) is 5.92 Å². The van der Waals surface area contributed by atoms with Crippen molar-refractivity contribution in [3.05, 3.63) is 35.3 Å². The monoisotopic (exact) mass is 476 g/mol. The predicted molar refractivity (Wildman–Crippen MR) is 122 cm³/mol. The number of piperidine rings is 1. The van der Waals surface area contributed by atoms with Crippen LogP contribution in [0.5, 0.6) is 0 Å². The maximum Gasteiger partial charge on any atom is 0.417 e. The largest absolute Gasteiger partial charge is 0.417 e. The summed E-state index contributed by atoms with van der Waals surface area (Å²) in [6.07, 6.45) is -0.496. The number of nitrogens with one attached hydrogen (secondary N) is 2. The van der Waals surface area contributed by atoms with Crippen LogP contribution in [0.25, 0.3) is 0 Å². The van der Waals surface area contributed by atoms with Crippen LogP contribution in [-0.2, 0) is 11.0 Å². The summed E-state index contributed by atoms with van der Waals surface area (Å²) in [4.78, 5) is 30.6. The Morgan fingerprint density at radius 3 is 2.74 bits per heavy atom. The molecule has 0 aromatic carbocycles. The van der Waals surface area contributed by atoms with Crippen LogP contribution >= 0.6 is 0 Å². The molecule has 2 aromatic heterocycles. The van der Waals surface area contributed by atoms with Gasteiger partial charge in [-0.3, -0.25) is 9.79 Å². The van der Waals surface area contributed by atoms with E-state index in [4.69, 9.17) is 5.73 Å². The highest BCUT2D eigenvalue weighted by molar-refractivity contribution is 5.81. The molecule has 1 amide bonds. The lowest BCUT2D eigenvalue weighted by Crippen LogP contribution is -2.46. The summed E-state index contributed by atoms with van der Waals surface area (Å²) in [5.41, 5.74) is 6.18. The number of anilines is 2. The fraction of sp³-hybridized carbons (Fsp3) is 0.500. The van der Waals surface area contributed by atoms with Crippen molar-refractivity contribution >= 4 is 30.1 Å². The van der Waals surface area contributed by atoms with Crippen LogP contribution in [0.1, 0.15) is 42.5 Å². The number of pyridine rings is 1. The zero-order valence-electron chi connectivity index (χ0n) is 18.8. The van der Waals surface area contributed by atoms with E-state index in [0.29, 0.717) is 60.8 Å². The molecule has 1 saturated heterocycles. The second-order valence-corrected chi connectivity index (χ2v) is 8.65. The van der Waals surface area contributed by atoms with Gasteiger partial charge < -0.3 is 21.3 Å². The molecule has 2 aliphatic rings. The molecule has 1 unspecified atom stereocenters. The van der Waals surface area contributed by atoms with Crippen LogP contribution in [0.2, 0.25) is 0 Å². The molecular formula is C22H27F3N8O. The molecule has 182 valence electrons. The molecule has 2 atom stereocenters. The Kier molecular flexibility index (Phi) is 6.69. The first-order chi connectivity index (χ1) is 16.2. The van der Waals surface area contributed by atoms with E-state index in [1.807, 2.05) is 0 Å². The van der Waals surface area contributed by atoms with Crippen LogP contribution in [-0.4, -0.2) is 64.7 Å². The number of fused-ring (bicyclic) bond motifs is 1. The van der Waals surface area contributed by atoms with Gasteiger partial charge in [0.15, 0.2) is 0 Å². The quantitative estimate of drug-likeness (QED) is 0.548. The summed E-state index contributed by atoms with van der Waals surface area (Å²) in [6.45, 7) is 7.49. The second kappa shape index (κ2) is 9.53. The first-order valence-corrected chi connectivity index (χ1v) is 11.1. The number of aliphatic imine (C=N–C) groups is 1. The molecule has 0 bridgehead atoms. The maximum absolute atomic E-state index is 13.2. The Labute approximate surface area is 195 Å². The van der Waals surface area contributed by atoms with Crippen LogP contribution in [0.15, 0.2) is 23.5 Å². The molecule has 4 N–H and O–H groups in total. The molecule has 4 heterocycles. The summed E-state index contributed by atoms with van der Waals surface area (Å²) >= 11 is 0. The molecule has 2 aliphatic heterocycles. The van der Waals surface area contributed by atoms with E-state index < -0.39 is 23.7 Å². The van der Waals surface area contributed by atoms with Gasteiger partial charge in [0.25, 0.3) is 0 Å². The number of hydrogen-bond acceptors (Lipinski definition) is 8. The van der Waals surface area contributed by atoms with E-state index >= 15 is 0 Å². The molecule has 0 aliphatic carbocycles. The zero-order chi connectivity index (χ0) is 24.5. The lowest BCUT2D eigenvalue weighted by atomic mass is 9.96. The van der Waals surface area contributed by atoms with Crippen molar-refractivity contribution in [1.82, 2.24) is 19.9 Å². The van der Waals surface area contributed by atoms with E-state index in [1.54, 1.807) is 11.8 Å². The number of rotatable bonds is 6. The molecule has 4 rings (SSSR count). The van der Waals surface area contributed by atoms with Gasteiger partial charge in [-0.15, -0.1) is 0 Å². The fourth-order valence-electron chi connectivity index (χ4n) is 4.34. The highest BCUT2D eigenvalue weighted by Gasteiger charge is 2.35. The van der Waals surface area contributed by atoms with Gasteiger partial charge in [-0.2, -0.15) is 13.2 Å². The number of hydrogen-bond donors (Lipinski definition) is 3.